The average molecular weight is 227 g/mol. The van der Waals surface area contributed by atoms with E-state index in [0.717, 1.165) is 38.1 Å². The molecule has 3 unspecified atom stereocenters. The van der Waals surface area contributed by atoms with E-state index in [2.05, 4.69) is 19.2 Å². The van der Waals surface area contributed by atoms with E-state index in [1.165, 1.54) is 19.3 Å². The first-order valence-corrected chi connectivity index (χ1v) is 6.68. The molecule has 94 valence electrons. The lowest BCUT2D eigenvalue weighted by atomic mass is 9.82. The minimum absolute atomic E-state index is 0.265. The molecule has 0 bridgehead atoms. The van der Waals surface area contributed by atoms with E-state index < -0.39 is 0 Å². The molecule has 0 amide bonds. The van der Waals surface area contributed by atoms with Crippen LogP contribution in [0.1, 0.15) is 33.1 Å². The maximum atomic E-state index is 6.00. The van der Waals surface area contributed by atoms with Crippen LogP contribution in [-0.2, 0) is 9.47 Å². The fraction of sp³-hybridized carbons (Fsp3) is 1.00. The van der Waals surface area contributed by atoms with Crippen molar-refractivity contribution in [1.29, 1.82) is 0 Å². The number of nitrogens with one attached hydrogen (secondary N) is 1. The highest BCUT2D eigenvalue weighted by Gasteiger charge is 2.25. The van der Waals surface area contributed by atoms with Gasteiger partial charge < -0.3 is 14.8 Å². The topological polar surface area (TPSA) is 30.5 Å². The lowest BCUT2D eigenvalue weighted by Gasteiger charge is -2.33. The Morgan fingerprint density at radius 1 is 1.19 bits per heavy atom. The van der Waals surface area contributed by atoms with E-state index in [0.29, 0.717) is 6.10 Å². The second-order valence-electron chi connectivity index (χ2n) is 5.57. The van der Waals surface area contributed by atoms with Gasteiger partial charge in [-0.3, -0.25) is 0 Å². The smallest absolute Gasteiger partial charge is 0.0933 e. The SMILES string of the molecule is CC1CC(C)CC(OCC2CNCCO2)C1. The third-order valence-electron chi connectivity index (χ3n) is 3.66. The van der Waals surface area contributed by atoms with Crippen molar-refractivity contribution in [3.63, 3.8) is 0 Å². The van der Waals surface area contributed by atoms with Gasteiger partial charge in [0.25, 0.3) is 0 Å². The molecule has 1 heterocycles. The fourth-order valence-electron chi connectivity index (χ4n) is 2.98. The van der Waals surface area contributed by atoms with Gasteiger partial charge in [-0.05, 0) is 31.1 Å². The Morgan fingerprint density at radius 3 is 2.56 bits per heavy atom. The molecule has 0 aromatic carbocycles. The Labute approximate surface area is 98.9 Å². The Kier molecular flexibility index (Phi) is 4.62. The molecule has 2 fully saturated rings. The van der Waals surface area contributed by atoms with E-state index in [4.69, 9.17) is 9.47 Å². The van der Waals surface area contributed by atoms with Crippen molar-refractivity contribution in [2.75, 3.05) is 26.3 Å². The molecule has 3 atom stereocenters. The predicted molar refractivity (Wildman–Crippen MR) is 64.5 cm³/mol. The molecular formula is C13H25NO2. The minimum Gasteiger partial charge on any atom is -0.375 e. The summed E-state index contributed by atoms with van der Waals surface area (Å²) in [6, 6.07) is 0. The van der Waals surface area contributed by atoms with Gasteiger partial charge in [0.1, 0.15) is 0 Å². The van der Waals surface area contributed by atoms with Crippen molar-refractivity contribution < 1.29 is 9.47 Å². The third-order valence-corrected chi connectivity index (χ3v) is 3.66. The second-order valence-corrected chi connectivity index (χ2v) is 5.57. The Morgan fingerprint density at radius 2 is 1.94 bits per heavy atom. The molecule has 1 N–H and O–H groups in total. The van der Waals surface area contributed by atoms with E-state index in [9.17, 15) is 0 Å². The minimum atomic E-state index is 0.265. The second kappa shape index (κ2) is 5.99. The van der Waals surface area contributed by atoms with Gasteiger partial charge in [0.05, 0.1) is 25.4 Å². The molecule has 1 saturated heterocycles. The van der Waals surface area contributed by atoms with Crippen LogP contribution < -0.4 is 5.32 Å². The van der Waals surface area contributed by atoms with Gasteiger partial charge in [0.2, 0.25) is 0 Å². The van der Waals surface area contributed by atoms with E-state index in [1.807, 2.05) is 0 Å². The zero-order valence-corrected chi connectivity index (χ0v) is 10.6. The molecular weight excluding hydrogens is 202 g/mol. The van der Waals surface area contributed by atoms with Crippen LogP contribution in [0.4, 0.5) is 0 Å². The molecule has 1 aliphatic carbocycles. The molecule has 0 aromatic heterocycles. The van der Waals surface area contributed by atoms with Gasteiger partial charge in [0, 0.05) is 13.1 Å². The first-order chi connectivity index (χ1) is 7.74. The maximum absolute atomic E-state index is 6.00. The van der Waals surface area contributed by atoms with Crippen molar-refractivity contribution >= 4 is 0 Å². The summed E-state index contributed by atoms with van der Waals surface area (Å²) in [4.78, 5) is 0. The van der Waals surface area contributed by atoms with Crippen LogP contribution in [0, 0.1) is 11.8 Å². The van der Waals surface area contributed by atoms with Crippen molar-refractivity contribution in [3.05, 3.63) is 0 Å². The summed E-state index contributed by atoms with van der Waals surface area (Å²) < 4.78 is 11.6. The van der Waals surface area contributed by atoms with Crippen molar-refractivity contribution in [3.8, 4) is 0 Å². The highest BCUT2D eigenvalue weighted by atomic mass is 16.5. The summed E-state index contributed by atoms with van der Waals surface area (Å²) in [6.45, 7) is 8.18. The molecule has 2 aliphatic rings. The lowest BCUT2D eigenvalue weighted by Crippen LogP contribution is -2.42. The highest BCUT2D eigenvalue weighted by Crippen LogP contribution is 2.30. The molecule has 1 saturated carbocycles. The molecule has 2 rings (SSSR count). The van der Waals surface area contributed by atoms with Crippen LogP contribution in [0.3, 0.4) is 0 Å². The largest absolute Gasteiger partial charge is 0.375 e. The van der Waals surface area contributed by atoms with Crippen LogP contribution >= 0.6 is 0 Å². The number of hydrogen-bond donors (Lipinski definition) is 1. The normalized spacial score (nSPS) is 40.9. The molecule has 1 aliphatic heterocycles. The molecule has 3 nitrogen and oxygen atoms in total. The number of morpholine rings is 1. The first kappa shape index (κ1) is 12.3. The molecule has 3 heteroatoms. The quantitative estimate of drug-likeness (QED) is 0.797. The molecule has 0 aromatic rings. The Bertz CT molecular complexity index is 194. The van der Waals surface area contributed by atoms with Gasteiger partial charge in [-0.2, -0.15) is 0 Å². The van der Waals surface area contributed by atoms with E-state index >= 15 is 0 Å². The summed E-state index contributed by atoms with van der Waals surface area (Å²) in [6.07, 6.45) is 4.54. The maximum Gasteiger partial charge on any atom is 0.0933 e. The fourth-order valence-corrected chi connectivity index (χ4v) is 2.98. The van der Waals surface area contributed by atoms with Crippen LogP contribution in [-0.4, -0.2) is 38.5 Å². The van der Waals surface area contributed by atoms with Crippen LogP contribution in [0.5, 0.6) is 0 Å². The van der Waals surface area contributed by atoms with Crippen molar-refractivity contribution in [2.24, 2.45) is 11.8 Å². The number of rotatable bonds is 3. The Hall–Kier alpha value is -0.120. The third kappa shape index (κ3) is 3.72. The zero-order chi connectivity index (χ0) is 11.4. The standard InChI is InChI=1S/C13H25NO2/c1-10-5-11(2)7-12(6-10)16-9-13-8-14-3-4-15-13/h10-14H,3-9H2,1-2H3. The monoisotopic (exact) mass is 227 g/mol. The first-order valence-electron chi connectivity index (χ1n) is 6.68. The van der Waals surface area contributed by atoms with Crippen molar-refractivity contribution in [1.82, 2.24) is 5.32 Å². The van der Waals surface area contributed by atoms with Crippen LogP contribution in [0.25, 0.3) is 0 Å². The molecule has 0 spiro atoms. The van der Waals surface area contributed by atoms with Gasteiger partial charge in [-0.25, -0.2) is 0 Å². The van der Waals surface area contributed by atoms with Gasteiger partial charge in [-0.1, -0.05) is 13.8 Å². The van der Waals surface area contributed by atoms with E-state index in [1.54, 1.807) is 0 Å². The van der Waals surface area contributed by atoms with Crippen LogP contribution in [0.15, 0.2) is 0 Å². The summed E-state index contributed by atoms with van der Waals surface area (Å²) in [5, 5.41) is 3.34. The van der Waals surface area contributed by atoms with Gasteiger partial charge >= 0.3 is 0 Å². The highest BCUT2D eigenvalue weighted by molar-refractivity contribution is 4.76. The van der Waals surface area contributed by atoms with Crippen molar-refractivity contribution in [2.45, 2.75) is 45.3 Å². The lowest BCUT2D eigenvalue weighted by molar-refractivity contribution is -0.0724. The van der Waals surface area contributed by atoms with Gasteiger partial charge in [0.15, 0.2) is 0 Å². The summed E-state index contributed by atoms with van der Waals surface area (Å²) in [7, 11) is 0. The summed E-state index contributed by atoms with van der Waals surface area (Å²) in [5.41, 5.74) is 0. The van der Waals surface area contributed by atoms with Crippen LogP contribution in [0.2, 0.25) is 0 Å². The van der Waals surface area contributed by atoms with Gasteiger partial charge in [-0.15, -0.1) is 0 Å². The summed E-state index contributed by atoms with van der Waals surface area (Å²) in [5.74, 6) is 1.64. The van der Waals surface area contributed by atoms with E-state index in [-0.39, 0.29) is 6.10 Å². The molecule has 16 heavy (non-hydrogen) atoms. The summed E-state index contributed by atoms with van der Waals surface area (Å²) >= 11 is 0. The Balaban J connectivity index is 1.68. The number of ether oxygens (including phenoxy) is 2. The zero-order valence-electron chi connectivity index (χ0n) is 10.6. The predicted octanol–water partition coefficient (Wildman–Crippen LogP) is 1.82. The average Bonchev–Trinajstić information content (AvgIpc) is 2.27. The number of hydrogen-bond acceptors (Lipinski definition) is 3. The molecule has 0 radical (unpaired) electrons.